The van der Waals surface area contributed by atoms with Crippen molar-refractivity contribution < 1.29 is 27.9 Å². The molecule has 41 heavy (non-hydrogen) atoms. The summed E-state index contributed by atoms with van der Waals surface area (Å²) in [4.78, 5) is 37.6. The zero-order valence-corrected chi connectivity index (χ0v) is 23.5. The number of hydrogen-bond donors (Lipinski definition) is 4. The van der Waals surface area contributed by atoms with Crippen molar-refractivity contribution in [2.45, 2.75) is 63.3 Å². The molecule has 1 aromatic heterocycles. The largest absolute Gasteiger partial charge is 0.421 e. The van der Waals surface area contributed by atoms with E-state index < -0.39 is 35.6 Å². The van der Waals surface area contributed by atoms with Gasteiger partial charge in [-0.3, -0.25) is 9.59 Å². The molecule has 2 aliphatic rings. The first-order valence-corrected chi connectivity index (χ1v) is 13.9. The second-order valence-electron chi connectivity index (χ2n) is 11.0. The number of aliphatic hydroxyl groups excluding tert-OH is 1. The second-order valence-corrected chi connectivity index (χ2v) is 11.0. The summed E-state index contributed by atoms with van der Waals surface area (Å²) in [5.41, 5.74) is 0.00196. The molecule has 0 bridgehead atoms. The topological polar surface area (TPSA) is 123 Å². The van der Waals surface area contributed by atoms with E-state index in [0.29, 0.717) is 55.8 Å². The fraction of sp³-hybridized carbons (Fsp3) is 0.571. The molecule has 0 spiro atoms. The Labute approximate surface area is 237 Å². The highest BCUT2D eigenvalue weighted by atomic mass is 19.4. The number of amides is 2. The molecule has 2 aromatic rings. The lowest BCUT2D eigenvalue weighted by atomic mass is 10.0. The Morgan fingerprint density at radius 1 is 1.12 bits per heavy atom. The summed E-state index contributed by atoms with van der Waals surface area (Å²) in [6.45, 7) is 2.78. The quantitative estimate of drug-likeness (QED) is 0.357. The van der Waals surface area contributed by atoms with E-state index in [-0.39, 0.29) is 24.4 Å². The third-order valence-corrected chi connectivity index (χ3v) is 7.80. The molecule has 1 saturated heterocycles. The molecule has 13 heteroatoms. The number of carbonyl (C=O) groups is 2. The molecule has 10 nitrogen and oxygen atoms in total. The molecular weight excluding hydrogens is 539 g/mol. The van der Waals surface area contributed by atoms with E-state index in [2.05, 4.69) is 30.8 Å². The van der Waals surface area contributed by atoms with Gasteiger partial charge in [0, 0.05) is 48.7 Å². The summed E-state index contributed by atoms with van der Waals surface area (Å²) in [6, 6.07) is 6.10. The van der Waals surface area contributed by atoms with Gasteiger partial charge in [0.25, 0.3) is 5.91 Å². The number of hydrogen-bond acceptors (Lipinski definition) is 8. The Kier molecular flexibility index (Phi) is 9.69. The third-order valence-electron chi connectivity index (χ3n) is 7.80. The lowest BCUT2D eigenvalue weighted by Crippen LogP contribution is -2.44. The van der Waals surface area contributed by atoms with E-state index in [0.717, 1.165) is 12.8 Å². The van der Waals surface area contributed by atoms with Gasteiger partial charge in [-0.05, 0) is 71.0 Å². The lowest BCUT2D eigenvalue weighted by molar-refractivity contribution is -0.137. The molecule has 224 valence electrons. The summed E-state index contributed by atoms with van der Waals surface area (Å²) in [6.07, 6.45) is -0.492. The van der Waals surface area contributed by atoms with E-state index in [1.807, 2.05) is 19.0 Å². The van der Waals surface area contributed by atoms with Crippen LogP contribution in [0.2, 0.25) is 0 Å². The standard InChI is InChI=1S/C28H38F3N7O3/c1-17(16-39)33-25(40)21-5-4-6-23(21)35-24-22(28(29,30)31)15-32-27(36-24)34-19-9-7-18(8-10-19)26(41)38-13-11-20(12-14-38)37(2)3/h7-10,15,17,20-21,23,39H,4-6,11-14,16H2,1-3H3,(H,33,40)(H2,32,34,35,36)/t17-,21+,23-/m1/s1. The number of anilines is 3. The number of likely N-dealkylation sites (tertiary alicyclic amines) is 1. The van der Waals surface area contributed by atoms with Gasteiger partial charge in [-0.1, -0.05) is 6.42 Å². The van der Waals surface area contributed by atoms with Crippen LogP contribution in [0.1, 0.15) is 54.9 Å². The Bertz CT molecular complexity index is 1200. The number of alkyl halides is 3. The molecule has 1 aliphatic carbocycles. The minimum absolute atomic E-state index is 0.0572. The Balaban J connectivity index is 1.45. The lowest BCUT2D eigenvalue weighted by Gasteiger charge is -2.35. The van der Waals surface area contributed by atoms with E-state index in [1.165, 1.54) is 0 Å². The summed E-state index contributed by atoms with van der Waals surface area (Å²) in [5, 5.41) is 17.7. The fourth-order valence-electron chi connectivity index (χ4n) is 5.37. The van der Waals surface area contributed by atoms with Gasteiger partial charge < -0.3 is 30.9 Å². The molecule has 1 saturated carbocycles. The number of nitrogens with zero attached hydrogens (tertiary/aromatic N) is 4. The van der Waals surface area contributed by atoms with Gasteiger partial charge in [-0.2, -0.15) is 18.2 Å². The van der Waals surface area contributed by atoms with Gasteiger partial charge in [0.05, 0.1) is 12.5 Å². The molecule has 4 N–H and O–H groups in total. The summed E-state index contributed by atoms with van der Waals surface area (Å²) >= 11 is 0. The maximum Gasteiger partial charge on any atom is 0.421 e. The molecule has 3 atom stereocenters. The number of carbonyl (C=O) groups excluding carboxylic acids is 2. The summed E-state index contributed by atoms with van der Waals surface area (Å²) in [7, 11) is 4.08. The van der Waals surface area contributed by atoms with Crippen LogP contribution in [0.5, 0.6) is 0 Å². The smallest absolute Gasteiger partial charge is 0.394 e. The van der Waals surface area contributed by atoms with Gasteiger partial charge >= 0.3 is 6.18 Å². The number of halogens is 3. The van der Waals surface area contributed by atoms with Crippen LogP contribution >= 0.6 is 0 Å². The fourth-order valence-corrected chi connectivity index (χ4v) is 5.37. The van der Waals surface area contributed by atoms with Crippen LogP contribution in [0.4, 0.5) is 30.6 Å². The first-order chi connectivity index (χ1) is 19.5. The highest BCUT2D eigenvalue weighted by molar-refractivity contribution is 5.94. The maximum atomic E-state index is 13.8. The van der Waals surface area contributed by atoms with E-state index in [9.17, 15) is 27.9 Å². The van der Waals surface area contributed by atoms with Gasteiger partial charge in [-0.25, -0.2) is 4.98 Å². The van der Waals surface area contributed by atoms with Crippen molar-refractivity contribution in [2.24, 2.45) is 5.92 Å². The minimum Gasteiger partial charge on any atom is -0.394 e. The van der Waals surface area contributed by atoms with Gasteiger partial charge in [0.1, 0.15) is 11.4 Å². The van der Waals surface area contributed by atoms with Crippen LogP contribution in [0, 0.1) is 5.92 Å². The van der Waals surface area contributed by atoms with Crippen LogP contribution in [0.15, 0.2) is 30.5 Å². The van der Waals surface area contributed by atoms with Crippen LogP contribution in [-0.2, 0) is 11.0 Å². The Morgan fingerprint density at radius 3 is 2.41 bits per heavy atom. The van der Waals surface area contributed by atoms with Crippen molar-refractivity contribution in [3.63, 3.8) is 0 Å². The highest BCUT2D eigenvalue weighted by Crippen LogP contribution is 2.37. The summed E-state index contributed by atoms with van der Waals surface area (Å²) in [5.74, 6) is -1.41. The molecule has 0 radical (unpaired) electrons. The average molecular weight is 578 g/mol. The second kappa shape index (κ2) is 13.0. The van der Waals surface area contributed by atoms with Crippen LogP contribution in [0.25, 0.3) is 0 Å². The number of benzene rings is 1. The van der Waals surface area contributed by atoms with Crippen molar-refractivity contribution in [3.05, 3.63) is 41.6 Å². The number of piperidine rings is 1. The van der Waals surface area contributed by atoms with Crippen molar-refractivity contribution >= 4 is 29.3 Å². The zero-order valence-electron chi connectivity index (χ0n) is 23.5. The molecule has 2 amide bonds. The van der Waals surface area contributed by atoms with Crippen LogP contribution in [0.3, 0.4) is 0 Å². The number of aliphatic hydroxyl groups is 1. The normalized spacial score (nSPS) is 20.6. The predicted octanol–water partition coefficient (Wildman–Crippen LogP) is 3.48. The molecule has 1 aromatic carbocycles. The number of aromatic nitrogens is 2. The molecule has 0 unspecified atom stereocenters. The van der Waals surface area contributed by atoms with Crippen LogP contribution < -0.4 is 16.0 Å². The molecule has 2 heterocycles. The molecule has 4 rings (SSSR count). The summed E-state index contributed by atoms with van der Waals surface area (Å²) < 4.78 is 41.4. The average Bonchev–Trinajstić information content (AvgIpc) is 3.41. The Hall–Kier alpha value is -3.45. The first kappa shape index (κ1) is 30.5. The third kappa shape index (κ3) is 7.64. The van der Waals surface area contributed by atoms with Gasteiger partial charge in [-0.15, -0.1) is 0 Å². The number of rotatable bonds is 9. The molecule has 2 fully saturated rings. The zero-order chi connectivity index (χ0) is 29.7. The minimum atomic E-state index is -4.70. The van der Waals surface area contributed by atoms with Gasteiger partial charge in [0.15, 0.2) is 0 Å². The number of nitrogens with one attached hydrogen (secondary N) is 3. The highest BCUT2D eigenvalue weighted by Gasteiger charge is 2.39. The molecular formula is C28H38F3N7O3. The molecule has 1 aliphatic heterocycles. The van der Waals surface area contributed by atoms with Crippen molar-refractivity contribution in [2.75, 3.05) is 44.4 Å². The first-order valence-electron chi connectivity index (χ1n) is 13.9. The predicted molar refractivity (Wildman–Crippen MR) is 149 cm³/mol. The van der Waals surface area contributed by atoms with E-state index in [4.69, 9.17) is 0 Å². The van der Waals surface area contributed by atoms with E-state index in [1.54, 1.807) is 31.2 Å². The maximum absolute atomic E-state index is 13.8. The SMILES string of the molecule is C[C@H](CO)NC(=O)[C@H]1CCC[C@H]1Nc1nc(Nc2ccc(C(=O)N3CCC(N(C)C)CC3)cc2)ncc1C(F)(F)F. The van der Waals surface area contributed by atoms with Crippen molar-refractivity contribution in [1.82, 2.24) is 25.1 Å². The van der Waals surface area contributed by atoms with Gasteiger partial charge in [0.2, 0.25) is 11.9 Å². The van der Waals surface area contributed by atoms with Crippen molar-refractivity contribution in [3.8, 4) is 0 Å². The van der Waals surface area contributed by atoms with E-state index >= 15 is 0 Å². The van der Waals surface area contributed by atoms with Crippen molar-refractivity contribution in [1.29, 1.82) is 0 Å². The van der Waals surface area contributed by atoms with Crippen LogP contribution in [-0.4, -0.2) is 88.6 Å². The monoisotopic (exact) mass is 577 g/mol. The Morgan fingerprint density at radius 2 is 1.80 bits per heavy atom.